The minimum absolute atomic E-state index is 0.286. The molecule has 1 fully saturated rings. The van der Waals surface area contributed by atoms with E-state index in [0.29, 0.717) is 0 Å². The van der Waals surface area contributed by atoms with Gasteiger partial charge in [0.2, 0.25) is 0 Å². The summed E-state index contributed by atoms with van der Waals surface area (Å²) in [7, 11) is 0. The first-order valence-corrected chi connectivity index (χ1v) is 9.49. The summed E-state index contributed by atoms with van der Waals surface area (Å²) in [5.74, 6) is 0.880. The second-order valence-corrected chi connectivity index (χ2v) is 7.16. The maximum atomic E-state index is 6.03. The van der Waals surface area contributed by atoms with Gasteiger partial charge in [-0.1, -0.05) is 6.07 Å². The first-order valence-electron chi connectivity index (χ1n) is 9.49. The molecule has 28 heavy (non-hydrogen) atoms. The Morgan fingerprint density at radius 2 is 1.79 bits per heavy atom. The van der Waals surface area contributed by atoms with Crippen molar-refractivity contribution in [2.45, 2.75) is 18.9 Å². The zero-order valence-electron chi connectivity index (χ0n) is 15.4. The third-order valence-electron chi connectivity index (χ3n) is 5.30. The summed E-state index contributed by atoms with van der Waals surface area (Å²) in [6.07, 6.45) is 9.15. The lowest BCUT2D eigenvalue weighted by Crippen LogP contribution is -2.40. The van der Waals surface area contributed by atoms with Gasteiger partial charge in [-0.05, 0) is 48.2 Å². The van der Waals surface area contributed by atoms with Crippen LogP contribution in [-0.2, 0) is 0 Å². The van der Waals surface area contributed by atoms with Crippen LogP contribution in [0.5, 0.6) is 0 Å². The third-order valence-corrected chi connectivity index (χ3v) is 5.30. The maximum absolute atomic E-state index is 6.03. The van der Waals surface area contributed by atoms with Crippen molar-refractivity contribution in [1.29, 1.82) is 0 Å². The molecule has 140 valence electrons. The van der Waals surface area contributed by atoms with E-state index >= 15 is 0 Å². The monoisotopic (exact) mass is 371 g/mol. The molecule has 1 aromatic carbocycles. The number of piperidine rings is 1. The number of aromatic amines is 1. The van der Waals surface area contributed by atoms with Crippen molar-refractivity contribution >= 4 is 16.7 Å². The summed E-state index contributed by atoms with van der Waals surface area (Å²) in [5, 5.41) is 8.66. The van der Waals surface area contributed by atoms with Crippen molar-refractivity contribution in [1.82, 2.24) is 25.1 Å². The molecule has 0 atom stereocenters. The highest BCUT2D eigenvalue weighted by Gasteiger charge is 2.19. The molecule has 0 amide bonds. The van der Waals surface area contributed by atoms with Gasteiger partial charge in [0.05, 0.1) is 17.9 Å². The second kappa shape index (κ2) is 7.01. The first-order chi connectivity index (χ1) is 13.8. The topological polar surface area (TPSA) is 96.6 Å². The molecule has 0 spiro atoms. The normalized spacial score (nSPS) is 15.2. The number of aromatic nitrogens is 5. The van der Waals surface area contributed by atoms with Gasteiger partial charge in [-0.15, -0.1) is 0 Å². The number of rotatable bonds is 3. The molecule has 1 saturated heterocycles. The van der Waals surface area contributed by atoms with Crippen molar-refractivity contribution in [2.24, 2.45) is 5.73 Å². The Hall–Kier alpha value is -3.32. The molecule has 3 N–H and O–H groups in total. The predicted octanol–water partition coefficient (Wildman–Crippen LogP) is 3.01. The van der Waals surface area contributed by atoms with Crippen LogP contribution in [0, 0.1) is 0 Å². The average molecular weight is 371 g/mol. The molecule has 1 aliphatic rings. The number of anilines is 1. The standard InChI is InChI=1S/C21H21N7/c22-16-5-9-28(10-6-16)20-13-24-12-19(25-20)21-17-11-15(1-2-18(17)26-27-21)14-3-7-23-8-4-14/h1-4,7-8,11-13,16H,5-6,9-10,22H2,(H,26,27). The van der Waals surface area contributed by atoms with Crippen molar-refractivity contribution in [3.63, 3.8) is 0 Å². The number of pyridine rings is 1. The van der Waals surface area contributed by atoms with Crippen LogP contribution in [0.2, 0.25) is 0 Å². The lowest BCUT2D eigenvalue weighted by Gasteiger charge is -2.30. The maximum Gasteiger partial charge on any atom is 0.147 e. The Kier molecular flexibility index (Phi) is 4.21. The van der Waals surface area contributed by atoms with Gasteiger partial charge in [0.25, 0.3) is 0 Å². The summed E-state index contributed by atoms with van der Waals surface area (Å²) in [5.41, 5.74) is 10.8. The summed E-state index contributed by atoms with van der Waals surface area (Å²) < 4.78 is 0. The van der Waals surface area contributed by atoms with E-state index in [4.69, 9.17) is 10.7 Å². The van der Waals surface area contributed by atoms with Crippen molar-refractivity contribution in [3.05, 3.63) is 55.1 Å². The van der Waals surface area contributed by atoms with Gasteiger partial charge < -0.3 is 10.6 Å². The molecule has 0 aliphatic carbocycles. The number of nitrogens with zero attached hydrogens (tertiary/aromatic N) is 5. The number of hydrogen-bond donors (Lipinski definition) is 2. The Morgan fingerprint density at radius 1 is 0.964 bits per heavy atom. The molecule has 1 aliphatic heterocycles. The van der Waals surface area contributed by atoms with Crippen LogP contribution in [0.25, 0.3) is 33.4 Å². The molecule has 5 rings (SSSR count). The molecule has 0 saturated carbocycles. The fourth-order valence-electron chi connectivity index (χ4n) is 3.68. The molecule has 0 radical (unpaired) electrons. The minimum Gasteiger partial charge on any atom is -0.355 e. The van der Waals surface area contributed by atoms with Crippen molar-refractivity contribution in [2.75, 3.05) is 18.0 Å². The predicted molar refractivity (Wildman–Crippen MR) is 110 cm³/mol. The SMILES string of the molecule is NC1CCN(c2cncc(-c3n[nH]c4ccc(-c5ccncc5)cc34)n2)CC1. The molecule has 0 unspecified atom stereocenters. The van der Waals surface area contributed by atoms with E-state index in [2.05, 4.69) is 37.2 Å². The van der Waals surface area contributed by atoms with E-state index < -0.39 is 0 Å². The fourth-order valence-corrected chi connectivity index (χ4v) is 3.68. The molecule has 4 aromatic rings. The molecule has 3 aromatic heterocycles. The van der Waals surface area contributed by atoms with Crippen LogP contribution in [0.15, 0.2) is 55.1 Å². The van der Waals surface area contributed by atoms with Gasteiger partial charge in [-0.3, -0.25) is 15.1 Å². The van der Waals surface area contributed by atoms with Crippen LogP contribution in [0.3, 0.4) is 0 Å². The highest BCUT2D eigenvalue weighted by molar-refractivity contribution is 5.94. The fraction of sp³-hybridized carbons (Fsp3) is 0.238. The zero-order valence-corrected chi connectivity index (χ0v) is 15.4. The van der Waals surface area contributed by atoms with E-state index in [9.17, 15) is 0 Å². The van der Waals surface area contributed by atoms with E-state index in [0.717, 1.165) is 65.2 Å². The largest absolute Gasteiger partial charge is 0.355 e. The van der Waals surface area contributed by atoms with Crippen molar-refractivity contribution in [3.8, 4) is 22.5 Å². The molecule has 0 bridgehead atoms. The number of nitrogens with one attached hydrogen (secondary N) is 1. The summed E-state index contributed by atoms with van der Waals surface area (Å²) in [4.78, 5) is 15.6. The van der Waals surface area contributed by atoms with Gasteiger partial charge in [0.15, 0.2) is 0 Å². The van der Waals surface area contributed by atoms with Crippen LogP contribution >= 0.6 is 0 Å². The van der Waals surface area contributed by atoms with Crippen LogP contribution in [0.1, 0.15) is 12.8 Å². The molecule has 7 nitrogen and oxygen atoms in total. The highest BCUT2D eigenvalue weighted by Crippen LogP contribution is 2.30. The van der Waals surface area contributed by atoms with Gasteiger partial charge in [0.1, 0.15) is 17.2 Å². The Bertz CT molecular complexity index is 1100. The van der Waals surface area contributed by atoms with Gasteiger partial charge >= 0.3 is 0 Å². The van der Waals surface area contributed by atoms with Crippen molar-refractivity contribution < 1.29 is 0 Å². The van der Waals surface area contributed by atoms with E-state index in [-0.39, 0.29) is 6.04 Å². The van der Waals surface area contributed by atoms with Crippen LogP contribution in [0.4, 0.5) is 5.82 Å². The number of H-pyrrole nitrogens is 1. The highest BCUT2D eigenvalue weighted by atomic mass is 15.2. The van der Waals surface area contributed by atoms with Gasteiger partial charge in [-0.25, -0.2) is 4.98 Å². The Morgan fingerprint density at radius 3 is 2.61 bits per heavy atom. The number of benzene rings is 1. The zero-order chi connectivity index (χ0) is 18.9. The Balaban J connectivity index is 1.53. The van der Waals surface area contributed by atoms with E-state index in [1.165, 1.54) is 0 Å². The number of fused-ring (bicyclic) bond motifs is 1. The third kappa shape index (κ3) is 3.10. The lowest BCUT2D eigenvalue weighted by molar-refractivity contribution is 0.498. The molecule has 4 heterocycles. The smallest absolute Gasteiger partial charge is 0.147 e. The van der Waals surface area contributed by atoms with Crippen LogP contribution < -0.4 is 10.6 Å². The lowest BCUT2D eigenvalue weighted by atomic mass is 10.0. The number of nitrogens with two attached hydrogens (primary N) is 1. The average Bonchev–Trinajstić information content (AvgIpc) is 3.18. The van der Waals surface area contributed by atoms with Crippen LogP contribution in [-0.4, -0.2) is 44.3 Å². The summed E-state index contributed by atoms with van der Waals surface area (Å²) >= 11 is 0. The van der Waals surface area contributed by atoms with Gasteiger partial charge in [0, 0.05) is 36.9 Å². The molecular formula is C21H21N7. The number of hydrogen-bond acceptors (Lipinski definition) is 6. The molecule has 7 heteroatoms. The summed E-state index contributed by atoms with van der Waals surface area (Å²) in [6, 6.07) is 10.6. The minimum atomic E-state index is 0.286. The summed E-state index contributed by atoms with van der Waals surface area (Å²) in [6.45, 7) is 1.82. The van der Waals surface area contributed by atoms with Gasteiger partial charge in [-0.2, -0.15) is 5.10 Å². The van der Waals surface area contributed by atoms with E-state index in [1.54, 1.807) is 18.6 Å². The first kappa shape index (κ1) is 16.8. The van der Waals surface area contributed by atoms with E-state index in [1.807, 2.05) is 24.4 Å². The Labute approximate surface area is 162 Å². The quantitative estimate of drug-likeness (QED) is 0.575. The second-order valence-electron chi connectivity index (χ2n) is 7.16. The molecular weight excluding hydrogens is 350 g/mol.